The summed E-state index contributed by atoms with van der Waals surface area (Å²) < 4.78 is 6.12. The van der Waals surface area contributed by atoms with Gasteiger partial charge in [0.25, 0.3) is 0 Å². The molecule has 0 aliphatic heterocycles. The molecule has 0 aliphatic rings. The average Bonchev–Trinajstić information content (AvgIpc) is 3.18. The Kier molecular flexibility index (Phi) is 3.81. The Morgan fingerprint density at radius 2 is 1.21 bits per heavy atom. The molecular formula is C33H26O. The lowest BCUT2D eigenvalue weighted by atomic mass is 9.83. The molecule has 7 aromatic rings. The van der Waals surface area contributed by atoms with E-state index in [1.165, 1.54) is 65.3 Å². The molecule has 0 saturated carbocycles. The zero-order valence-electron chi connectivity index (χ0n) is 20.0. The molecule has 0 unspecified atom stereocenters. The molecule has 0 spiro atoms. The van der Waals surface area contributed by atoms with Crippen LogP contribution in [0.5, 0.6) is 0 Å². The Morgan fingerprint density at radius 1 is 0.559 bits per heavy atom. The van der Waals surface area contributed by atoms with Gasteiger partial charge in [0.05, 0.1) is 0 Å². The van der Waals surface area contributed by atoms with Crippen molar-refractivity contribution in [3.05, 3.63) is 96.1 Å². The molecule has 0 radical (unpaired) electrons. The van der Waals surface area contributed by atoms with Gasteiger partial charge in [0.1, 0.15) is 11.2 Å². The fraction of sp³-hybridized carbons (Fsp3) is 0.152. The number of benzene rings is 6. The van der Waals surface area contributed by atoms with Gasteiger partial charge in [-0.05, 0) is 85.6 Å². The minimum absolute atomic E-state index is 0.122. The molecule has 1 aromatic heterocycles. The minimum atomic E-state index is 0.122. The molecule has 0 atom stereocenters. The lowest BCUT2D eigenvalue weighted by Crippen LogP contribution is -2.10. The third-order valence-electron chi connectivity index (χ3n) is 7.40. The van der Waals surface area contributed by atoms with Gasteiger partial charge in [-0.1, -0.05) is 87.0 Å². The Hall–Kier alpha value is -3.84. The Bertz CT molecular complexity index is 1870. The third kappa shape index (κ3) is 2.73. The highest BCUT2D eigenvalue weighted by atomic mass is 16.3. The second kappa shape index (κ2) is 6.61. The van der Waals surface area contributed by atoms with Crippen molar-refractivity contribution in [2.24, 2.45) is 0 Å². The van der Waals surface area contributed by atoms with E-state index in [2.05, 4.69) is 113 Å². The van der Waals surface area contributed by atoms with Gasteiger partial charge in [0.2, 0.25) is 0 Å². The van der Waals surface area contributed by atoms with Gasteiger partial charge < -0.3 is 4.42 Å². The second-order valence-electron chi connectivity index (χ2n) is 10.8. The molecule has 0 amide bonds. The van der Waals surface area contributed by atoms with E-state index in [4.69, 9.17) is 4.42 Å². The average molecular weight is 439 g/mol. The highest BCUT2D eigenvalue weighted by Crippen LogP contribution is 2.42. The maximum atomic E-state index is 6.12. The SMILES string of the molecule is Cc1ccc2oc3ccc(-c4ccc5ccc6cc(C(C)(C)C)cc7ccc4c5c67)cc3c2c1. The van der Waals surface area contributed by atoms with E-state index < -0.39 is 0 Å². The Balaban J connectivity index is 1.53. The van der Waals surface area contributed by atoms with E-state index in [1.807, 2.05) is 0 Å². The molecule has 0 aliphatic carbocycles. The summed E-state index contributed by atoms with van der Waals surface area (Å²) in [5.41, 5.74) is 7.14. The van der Waals surface area contributed by atoms with E-state index >= 15 is 0 Å². The number of fused-ring (bicyclic) bond motifs is 3. The summed E-state index contributed by atoms with van der Waals surface area (Å²) in [6.45, 7) is 8.99. The van der Waals surface area contributed by atoms with Crippen molar-refractivity contribution in [2.75, 3.05) is 0 Å². The summed E-state index contributed by atoms with van der Waals surface area (Å²) in [4.78, 5) is 0. The zero-order valence-corrected chi connectivity index (χ0v) is 20.0. The molecule has 1 heteroatoms. The summed E-state index contributed by atoms with van der Waals surface area (Å²) in [7, 11) is 0. The lowest BCUT2D eigenvalue weighted by molar-refractivity contribution is 0.591. The van der Waals surface area contributed by atoms with E-state index in [9.17, 15) is 0 Å². The van der Waals surface area contributed by atoms with Crippen molar-refractivity contribution in [3.63, 3.8) is 0 Å². The zero-order chi connectivity index (χ0) is 23.2. The highest BCUT2D eigenvalue weighted by Gasteiger charge is 2.18. The third-order valence-corrected chi connectivity index (χ3v) is 7.40. The molecule has 0 saturated heterocycles. The van der Waals surface area contributed by atoms with Gasteiger partial charge in [0.15, 0.2) is 0 Å². The van der Waals surface area contributed by atoms with Gasteiger partial charge >= 0.3 is 0 Å². The molecule has 1 nitrogen and oxygen atoms in total. The summed E-state index contributed by atoms with van der Waals surface area (Å²) in [6, 6.07) is 31.5. The highest BCUT2D eigenvalue weighted by molar-refractivity contribution is 6.25. The van der Waals surface area contributed by atoms with Crippen LogP contribution in [-0.4, -0.2) is 0 Å². The van der Waals surface area contributed by atoms with Crippen LogP contribution in [0.2, 0.25) is 0 Å². The van der Waals surface area contributed by atoms with E-state index in [0.29, 0.717) is 0 Å². The maximum absolute atomic E-state index is 6.12. The number of furan rings is 1. The summed E-state index contributed by atoms with van der Waals surface area (Å²) in [6.07, 6.45) is 0. The number of hydrogen-bond acceptors (Lipinski definition) is 1. The number of rotatable bonds is 1. The summed E-state index contributed by atoms with van der Waals surface area (Å²) in [5, 5.41) is 10.3. The molecule has 6 aromatic carbocycles. The van der Waals surface area contributed by atoms with Crippen molar-refractivity contribution in [1.82, 2.24) is 0 Å². The standard InChI is InChI=1S/C33H26O/c1-19-5-13-29-27(15-19)28-18-21(10-14-30(28)34-29)25-11-8-20-6-7-22-16-24(33(2,3)4)17-23-9-12-26(25)32(20)31(22)23/h5-18H,1-4H3. The number of aryl methyl sites for hydroxylation is 1. The van der Waals surface area contributed by atoms with Crippen molar-refractivity contribution in [1.29, 1.82) is 0 Å². The topological polar surface area (TPSA) is 13.1 Å². The lowest BCUT2D eigenvalue weighted by Gasteiger charge is -2.22. The van der Waals surface area contributed by atoms with Crippen molar-refractivity contribution in [2.45, 2.75) is 33.1 Å². The van der Waals surface area contributed by atoms with E-state index in [1.54, 1.807) is 0 Å². The first-order valence-electron chi connectivity index (χ1n) is 12.0. The molecule has 34 heavy (non-hydrogen) atoms. The Morgan fingerprint density at radius 3 is 1.97 bits per heavy atom. The fourth-order valence-electron chi connectivity index (χ4n) is 5.56. The van der Waals surface area contributed by atoms with Crippen LogP contribution in [0.1, 0.15) is 31.9 Å². The second-order valence-corrected chi connectivity index (χ2v) is 10.8. The quantitative estimate of drug-likeness (QED) is 0.232. The van der Waals surface area contributed by atoms with Crippen molar-refractivity contribution in [3.8, 4) is 11.1 Å². The summed E-state index contributed by atoms with van der Waals surface area (Å²) >= 11 is 0. The molecule has 7 rings (SSSR count). The first-order chi connectivity index (χ1) is 16.4. The van der Waals surface area contributed by atoms with Crippen LogP contribution in [0.3, 0.4) is 0 Å². The van der Waals surface area contributed by atoms with Gasteiger partial charge in [-0.2, -0.15) is 0 Å². The normalized spacial score (nSPS) is 12.7. The molecule has 0 bridgehead atoms. The smallest absolute Gasteiger partial charge is 0.135 e. The van der Waals surface area contributed by atoms with Gasteiger partial charge in [-0.15, -0.1) is 0 Å². The van der Waals surface area contributed by atoms with Crippen LogP contribution >= 0.6 is 0 Å². The van der Waals surface area contributed by atoms with Crippen molar-refractivity contribution < 1.29 is 4.42 Å². The van der Waals surface area contributed by atoms with Crippen LogP contribution in [0, 0.1) is 6.92 Å². The molecule has 164 valence electrons. The van der Waals surface area contributed by atoms with Crippen LogP contribution < -0.4 is 0 Å². The molecule has 1 heterocycles. The van der Waals surface area contributed by atoms with Crippen molar-refractivity contribution >= 4 is 54.3 Å². The predicted molar refractivity (Wildman–Crippen MR) is 146 cm³/mol. The van der Waals surface area contributed by atoms with Gasteiger partial charge in [0, 0.05) is 10.8 Å². The largest absolute Gasteiger partial charge is 0.456 e. The molecular weight excluding hydrogens is 412 g/mol. The molecule has 0 fully saturated rings. The molecule has 0 N–H and O–H groups in total. The summed E-state index contributed by atoms with van der Waals surface area (Å²) in [5.74, 6) is 0. The van der Waals surface area contributed by atoms with Gasteiger partial charge in [-0.25, -0.2) is 0 Å². The monoisotopic (exact) mass is 438 g/mol. The van der Waals surface area contributed by atoms with Crippen LogP contribution in [0.25, 0.3) is 65.4 Å². The number of hydrogen-bond donors (Lipinski definition) is 0. The van der Waals surface area contributed by atoms with E-state index in [0.717, 1.165) is 11.2 Å². The van der Waals surface area contributed by atoms with Gasteiger partial charge in [-0.3, -0.25) is 0 Å². The minimum Gasteiger partial charge on any atom is -0.456 e. The van der Waals surface area contributed by atoms with Crippen LogP contribution in [0.4, 0.5) is 0 Å². The van der Waals surface area contributed by atoms with E-state index in [-0.39, 0.29) is 5.41 Å². The fourth-order valence-corrected chi connectivity index (χ4v) is 5.56. The maximum Gasteiger partial charge on any atom is 0.135 e. The predicted octanol–water partition coefficient (Wildman–Crippen LogP) is 9.76. The Labute approximate surface area is 198 Å². The van der Waals surface area contributed by atoms with Crippen LogP contribution in [0.15, 0.2) is 89.3 Å². The first-order valence-corrected chi connectivity index (χ1v) is 12.0. The van der Waals surface area contributed by atoms with Crippen LogP contribution in [-0.2, 0) is 5.41 Å². The first kappa shape index (κ1) is 19.6.